The molecule has 0 spiro atoms. The third kappa shape index (κ3) is 4.10. The number of fused-ring (bicyclic) bond motifs is 1. The molecule has 0 heterocycles. The molecule has 3 N–H and O–H groups in total. The third-order valence-electron chi connectivity index (χ3n) is 4.85. The van der Waals surface area contributed by atoms with Gasteiger partial charge < -0.3 is 15.8 Å². The lowest BCUT2D eigenvalue weighted by atomic mass is 9.85. The van der Waals surface area contributed by atoms with Gasteiger partial charge in [-0.3, -0.25) is 9.59 Å². The summed E-state index contributed by atoms with van der Waals surface area (Å²) in [4.78, 5) is 23.8. The van der Waals surface area contributed by atoms with Crippen LogP contribution in [0.5, 0.6) is 5.75 Å². The molecule has 5 heteroatoms. The van der Waals surface area contributed by atoms with Gasteiger partial charge in [0.1, 0.15) is 5.75 Å². The lowest BCUT2D eigenvalue weighted by Crippen LogP contribution is -2.45. The highest BCUT2D eigenvalue weighted by Crippen LogP contribution is 2.27. The van der Waals surface area contributed by atoms with Gasteiger partial charge in [0.15, 0.2) is 6.10 Å². The van der Waals surface area contributed by atoms with Crippen LogP contribution in [0.3, 0.4) is 0 Å². The van der Waals surface area contributed by atoms with E-state index >= 15 is 0 Å². The minimum absolute atomic E-state index is 0.0164. The molecule has 0 bridgehead atoms. The van der Waals surface area contributed by atoms with Crippen LogP contribution in [0.25, 0.3) is 10.8 Å². The molecule has 0 aromatic heterocycles. The molecule has 3 rings (SSSR count). The normalized spacial score (nSPS) is 21.5. The molecule has 2 amide bonds. The number of carbonyl (C=O) groups excluding carboxylic acids is 2. The summed E-state index contributed by atoms with van der Waals surface area (Å²) in [5.41, 5.74) is 5.40. The Labute approximate surface area is 147 Å². The van der Waals surface area contributed by atoms with Gasteiger partial charge in [-0.1, -0.05) is 42.8 Å². The fraction of sp³-hybridized carbons (Fsp3) is 0.400. The Balaban J connectivity index is 1.63. The molecule has 1 aliphatic rings. The first-order valence-corrected chi connectivity index (χ1v) is 8.78. The second-order valence-electron chi connectivity index (χ2n) is 6.71. The first kappa shape index (κ1) is 17.3. The van der Waals surface area contributed by atoms with E-state index < -0.39 is 6.10 Å². The van der Waals surface area contributed by atoms with Gasteiger partial charge in [0.2, 0.25) is 5.91 Å². The summed E-state index contributed by atoms with van der Waals surface area (Å²) in [5.74, 6) is 0.106. The number of benzene rings is 2. The van der Waals surface area contributed by atoms with E-state index in [-0.39, 0.29) is 23.8 Å². The number of nitrogens with one attached hydrogen (secondary N) is 1. The van der Waals surface area contributed by atoms with E-state index in [2.05, 4.69) is 5.32 Å². The Kier molecular flexibility index (Phi) is 5.22. The van der Waals surface area contributed by atoms with Crippen molar-refractivity contribution in [2.75, 3.05) is 0 Å². The predicted octanol–water partition coefficient (Wildman–Crippen LogP) is 2.77. The number of nitrogens with two attached hydrogens (primary N) is 1. The van der Waals surface area contributed by atoms with E-state index in [0.717, 1.165) is 30.0 Å². The van der Waals surface area contributed by atoms with Crippen LogP contribution in [-0.2, 0) is 9.59 Å². The molecule has 132 valence electrons. The van der Waals surface area contributed by atoms with Crippen LogP contribution in [-0.4, -0.2) is 24.0 Å². The highest BCUT2D eigenvalue weighted by atomic mass is 16.5. The van der Waals surface area contributed by atoms with E-state index in [0.29, 0.717) is 12.2 Å². The third-order valence-corrected chi connectivity index (χ3v) is 4.85. The maximum Gasteiger partial charge on any atom is 0.260 e. The smallest absolute Gasteiger partial charge is 0.260 e. The molecule has 1 fully saturated rings. The second-order valence-corrected chi connectivity index (χ2v) is 6.71. The van der Waals surface area contributed by atoms with Gasteiger partial charge in [-0.25, -0.2) is 0 Å². The highest BCUT2D eigenvalue weighted by molar-refractivity contribution is 5.89. The monoisotopic (exact) mass is 340 g/mol. The summed E-state index contributed by atoms with van der Waals surface area (Å²) in [6.07, 6.45) is 2.58. The zero-order valence-electron chi connectivity index (χ0n) is 14.4. The number of ether oxygens (including phenoxy) is 1. The van der Waals surface area contributed by atoms with Crippen molar-refractivity contribution in [2.45, 2.75) is 44.8 Å². The van der Waals surface area contributed by atoms with Gasteiger partial charge in [-0.15, -0.1) is 0 Å². The van der Waals surface area contributed by atoms with Crippen LogP contribution in [0.1, 0.15) is 32.6 Å². The predicted molar refractivity (Wildman–Crippen MR) is 97.1 cm³/mol. The van der Waals surface area contributed by atoms with Crippen LogP contribution in [0.4, 0.5) is 0 Å². The van der Waals surface area contributed by atoms with Crippen molar-refractivity contribution in [1.29, 1.82) is 0 Å². The second kappa shape index (κ2) is 7.55. The molecular formula is C20H24N2O3. The van der Waals surface area contributed by atoms with Crippen molar-refractivity contribution in [3.8, 4) is 5.75 Å². The average molecular weight is 340 g/mol. The Bertz CT molecular complexity index is 769. The van der Waals surface area contributed by atoms with Crippen LogP contribution in [0.15, 0.2) is 42.5 Å². The van der Waals surface area contributed by atoms with Crippen molar-refractivity contribution in [2.24, 2.45) is 11.7 Å². The van der Waals surface area contributed by atoms with E-state index in [4.69, 9.17) is 10.5 Å². The minimum Gasteiger partial charge on any atom is -0.480 e. The molecular weight excluding hydrogens is 316 g/mol. The number of amides is 2. The Hall–Kier alpha value is -2.56. The molecule has 25 heavy (non-hydrogen) atoms. The Morgan fingerprint density at radius 1 is 1.16 bits per heavy atom. The van der Waals surface area contributed by atoms with Gasteiger partial charge in [0.05, 0.1) is 0 Å². The van der Waals surface area contributed by atoms with Crippen molar-refractivity contribution in [1.82, 2.24) is 5.32 Å². The Morgan fingerprint density at radius 2 is 1.92 bits per heavy atom. The maximum absolute atomic E-state index is 12.5. The van der Waals surface area contributed by atoms with Crippen molar-refractivity contribution >= 4 is 22.6 Å². The van der Waals surface area contributed by atoms with Crippen molar-refractivity contribution in [3.05, 3.63) is 42.5 Å². The number of primary amides is 1. The van der Waals surface area contributed by atoms with Gasteiger partial charge in [-0.05, 0) is 37.6 Å². The highest BCUT2D eigenvalue weighted by Gasteiger charge is 2.28. The topological polar surface area (TPSA) is 81.4 Å². The first-order chi connectivity index (χ1) is 12.0. The number of hydrogen-bond acceptors (Lipinski definition) is 3. The summed E-state index contributed by atoms with van der Waals surface area (Å²) >= 11 is 0. The first-order valence-electron chi connectivity index (χ1n) is 8.78. The maximum atomic E-state index is 12.5. The zero-order valence-corrected chi connectivity index (χ0v) is 14.4. The molecule has 1 saturated carbocycles. The van der Waals surface area contributed by atoms with Gasteiger partial charge in [0, 0.05) is 17.3 Å². The van der Waals surface area contributed by atoms with Gasteiger partial charge in [0.25, 0.3) is 5.91 Å². The van der Waals surface area contributed by atoms with Crippen LogP contribution < -0.4 is 15.8 Å². The van der Waals surface area contributed by atoms with E-state index in [1.807, 2.05) is 42.5 Å². The summed E-state index contributed by atoms with van der Waals surface area (Å²) < 4.78 is 5.90. The van der Waals surface area contributed by atoms with Crippen LogP contribution >= 0.6 is 0 Å². The fourth-order valence-corrected chi connectivity index (χ4v) is 3.44. The standard InChI is InChI=1S/C20H24N2O3/c1-13(20(24)22-16-9-4-8-15(12-16)19(21)23)25-18-11-5-7-14-6-2-3-10-17(14)18/h2-3,5-7,10-11,13,15-16H,4,8-9,12H2,1H3,(H2,21,23)(H,22,24). The lowest BCUT2D eigenvalue weighted by molar-refractivity contribution is -0.129. The summed E-state index contributed by atoms with van der Waals surface area (Å²) in [5, 5.41) is 5.06. The molecule has 0 radical (unpaired) electrons. The fourth-order valence-electron chi connectivity index (χ4n) is 3.44. The molecule has 2 aromatic carbocycles. The molecule has 0 aliphatic heterocycles. The molecule has 5 nitrogen and oxygen atoms in total. The molecule has 0 saturated heterocycles. The van der Waals surface area contributed by atoms with E-state index in [9.17, 15) is 9.59 Å². The minimum atomic E-state index is -0.611. The van der Waals surface area contributed by atoms with E-state index in [1.165, 1.54) is 0 Å². The SMILES string of the molecule is CC(Oc1cccc2ccccc12)C(=O)NC1CCCC(C(N)=O)C1. The molecule has 1 aliphatic carbocycles. The molecule has 2 aromatic rings. The molecule has 3 unspecified atom stereocenters. The number of hydrogen-bond donors (Lipinski definition) is 2. The van der Waals surface area contributed by atoms with E-state index in [1.54, 1.807) is 6.92 Å². The summed E-state index contributed by atoms with van der Waals surface area (Å²) in [6.45, 7) is 1.74. The zero-order chi connectivity index (χ0) is 17.8. The quantitative estimate of drug-likeness (QED) is 0.878. The summed E-state index contributed by atoms with van der Waals surface area (Å²) in [6, 6.07) is 13.7. The van der Waals surface area contributed by atoms with Crippen LogP contribution in [0, 0.1) is 5.92 Å². The van der Waals surface area contributed by atoms with Gasteiger partial charge in [-0.2, -0.15) is 0 Å². The average Bonchev–Trinajstić information content (AvgIpc) is 2.62. The number of carbonyl (C=O) groups is 2. The molecule has 3 atom stereocenters. The van der Waals surface area contributed by atoms with Gasteiger partial charge >= 0.3 is 0 Å². The van der Waals surface area contributed by atoms with Crippen molar-refractivity contribution in [3.63, 3.8) is 0 Å². The number of rotatable bonds is 5. The lowest BCUT2D eigenvalue weighted by Gasteiger charge is -2.29. The largest absolute Gasteiger partial charge is 0.480 e. The summed E-state index contributed by atoms with van der Waals surface area (Å²) in [7, 11) is 0. The van der Waals surface area contributed by atoms with Crippen molar-refractivity contribution < 1.29 is 14.3 Å². The van der Waals surface area contributed by atoms with Crippen LogP contribution in [0.2, 0.25) is 0 Å². The Morgan fingerprint density at radius 3 is 2.72 bits per heavy atom.